The van der Waals surface area contributed by atoms with Crippen LogP contribution < -0.4 is 15.9 Å². The molecule has 3 heteroatoms. The second kappa shape index (κ2) is 6.39. The van der Waals surface area contributed by atoms with E-state index in [9.17, 15) is 5.11 Å². The lowest BCUT2D eigenvalue weighted by atomic mass is 10.1. The van der Waals surface area contributed by atoms with Gasteiger partial charge in [-0.1, -0.05) is 38.4 Å². The van der Waals surface area contributed by atoms with Crippen molar-refractivity contribution in [3.63, 3.8) is 0 Å². The molecule has 0 amide bonds. The summed E-state index contributed by atoms with van der Waals surface area (Å²) in [4.78, 5) is 0. The van der Waals surface area contributed by atoms with Gasteiger partial charge >= 0.3 is 0 Å². The number of hydrogen-bond donors (Lipinski definition) is 2. The summed E-state index contributed by atoms with van der Waals surface area (Å²) in [6.07, 6.45) is 0. The minimum Gasteiger partial charge on any atom is -0.507 e. The van der Waals surface area contributed by atoms with E-state index in [0.29, 0.717) is 14.3 Å². The van der Waals surface area contributed by atoms with Crippen molar-refractivity contribution in [3.8, 4) is 5.75 Å². The fraction of sp³-hybridized carbons (Fsp3) is 0.294. The minimum absolute atomic E-state index is 0.435. The molecule has 0 fully saturated rings. The van der Waals surface area contributed by atoms with Gasteiger partial charge in [-0.2, -0.15) is 0 Å². The van der Waals surface area contributed by atoms with Gasteiger partial charge in [0.05, 0.1) is 0 Å². The summed E-state index contributed by atoms with van der Waals surface area (Å²) in [5, 5.41) is 15.8. The average Bonchev–Trinajstić information content (AvgIpc) is 2.38. The molecule has 2 nitrogen and oxygen atoms in total. The minimum atomic E-state index is 0.435. The quantitative estimate of drug-likeness (QED) is 0.847. The lowest BCUT2D eigenvalue weighted by molar-refractivity contribution is 0.475. The molecule has 0 bridgehead atoms. The summed E-state index contributed by atoms with van der Waals surface area (Å²) in [6, 6.07) is 10.6. The molecule has 2 aromatic rings. The Morgan fingerprint density at radius 1 is 1.00 bits per heavy atom. The van der Waals surface area contributed by atoms with Crippen molar-refractivity contribution in [2.24, 2.45) is 0 Å². The Morgan fingerprint density at radius 3 is 2.45 bits per heavy atom. The van der Waals surface area contributed by atoms with Crippen LogP contribution >= 0.6 is 8.58 Å². The summed E-state index contributed by atoms with van der Waals surface area (Å²) in [6.45, 7) is 7.00. The molecule has 0 aromatic heterocycles. The molecule has 0 aliphatic rings. The molecule has 2 rings (SSSR count). The van der Waals surface area contributed by atoms with Crippen LogP contribution in [0.25, 0.3) is 0 Å². The summed E-state index contributed by atoms with van der Waals surface area (Å²) < 4.78 is 0. The summed E-state index contributed by atoms with van der Waals surface area (Å²) in [7, 11) is 2.45. The Morgan fingerprint density at radius 2 is 1.75 bits per heavy atom. The zero-order valence-electron chi connectivity index (χ0n) is 12.5. The van der Waals surface area contributed by atoms with E-state index < -0.39 is 0 Å². The molecule has 106 valence electrons. The first-order valence-electron chi connectivity index (χ1n) is 6.82. The van der Waals surface area contributed by atoms with E-state index >= 15 is 0 Å². The maximum atomic E-state index is 10.3. The molecule has 0 radical (unpaired) electrons. The number of aromatic hydroxyl groups is 1. The van der Waals surface area contributed by atoms with Crippen molar-refractivity contribution in [1.82, 2.24) is 5.32 Å². The van der Waals surface area contributed by atoms with Crippen molar-refractivity contribution in [2.45, 2.75) is 27.3 Å². The van der Waals surface area contributed by atoms with Gasteiger partial charge in [-0.25, -0.2) is 0 Å². The Kier molecular flexibility index (Phi) is 4.80. The Bertz CT molecular complexity index is 623. The van der Waals surface area contributed by atoms with Crippen LogP contribution in [0.15, 0.2) is 30.3 Å². The molecule has 1 unspecified atom stereocenters. The lowest BCUT2D eigenvalue weighted by Gasteiger charge is -2.13. The average molecular weight is 287 g/mol. The van der Waals surface area contributed by atoms with E-state index in [1.54, 1.807) is 0 Å². The van der Waals surface area contributed by atoms with E-state index in [4.69, 9.17) is 0 Å². The maximum Gasteiger partial charge on any atom is 0.126 e. The zero-order valence-corrected chi connectivity index (χ0v) is 13.5. The number of hydrogen-bond acceptors (Lipinski definition) is 2. The lowest BCUT2D eigenvalue weighted by Crippen LogP contribution is -2.16. The molecule has 20 heavy (non-hydrogen) atoms. The van der Waals surface area contributed by atoms with E-state index in [1.165, 1.54) is 22.0 Å². The van der Waals surface area contributed by atoms with Crippen LogP contribution in [0.5, 0.6) is 5.75 Å². The summed E-state index contributed by atoms with van der Waals surface area (Å²) in [5.41, 5.74) is 4.73. The highest BCUT2D eigenvalue weighted by atomic mass is 31.1. The predicted molar refractivity (Wildman–Crippen MR) is 89.1 cm³/mol. The van der Waals surface area contributed by atoms with E-state index in [-0.39, 0.29) is 0 Å². The highest BCUT2D eigenvalue weighted by molar-refractivity contribution is 7.55. The molecule has 2 N–H and O–H groups in total. The second-order valence-corrected chi connectivity index (χ2v) is 6.62. The number of rotatable bonds is 4. The van der Waals surface area contributed by atoms with Crippen molar-refractivity contribution in [1.29, 1.82) is 0 Å². The molecule has 0 saturated carbocycles. The number of phenolic OH excluding ortho intramolecular Hbond substituents is 1. The molecule has 0 heterocycles. The van der Waals surface area contributed by atoms with Gasteiger partial charge in [0.1, 0.15) is 5.75 Å². The molecule has 1 atom stereocenters. The monoisotopic (exact) mass is 287 g/mol. The first-order valence-corrected chi connectivity index (χ1v) is 7.82. The second-order valence-electron chi connectivity index (χ2n) is 5.29. The molecular weight excluding hydrogens is 265 g/mol. The van der Waals surface area contributed by atoms with Crippen LogP contribution in [0.1, 0.15) is 22.3 Å². The number of benzene rings is 2. The number of nitrogens with one attached hydrogen (secondary N) is 1. The van der Waals surface area contributed by atoms with Crippen LogP contribution in [-0.4, -0.2) is 12.2 Å². The van der Waals surface area contributed by atoms with Gasteiger partial charge in [0, 0.05) is 11.8 Å². The van der Waals surface area contributed by atoms with Gasteiger partial charge < -0.3 is 10.4 Å². The SMILES string of the molecule is CNCc1cc(C)ccc1Pc1cc(C)cc(C)c1O. The third kappa shape index (κ3) is 3.39. The van der Waals surface area contributed by atoms with Crippen LogP contribution in [0, 0.1) is 20.8 Å². The molecule has 0 spiro atoms. The van der Waals surface area contributed by atoms with Gasteiger partial charge in [-0.15, -0.1) is 0 Å². The molecule has 0 aliphatic heterocycles. The first-order chi connectivity index (χ1) is 9.51. The highest BCUT2D eigenvalue weighted by Crippen LogP contribution is 2.24. The van der Waals surface area contributed by atoms with Crippen molar-refractivity contribution in [3.05, 3.63) is 52.6 Å². The van der Waals surface area contributed by atoms with Crippen LogP contribution in [-0.2, 0) is 6.54 Å². The maximum absolute atomic E-state index is 10.3. The van der Waals surface area contributed by atoms with Crippen LogP contribution in [0.2, 0.25) is 0 Å². The molecular formula is C17H22NOP. The fourth-order valence-corrected chi connectivity index (χ4v) is 3.77. The van der Waals surface area contributed by atoms with Gasteiger partial charge in [0.25, 0.3) is 0 Å². The van der Waals surface area contributed by atoms with Gasteiger partial charge in [0.15, 0.2) is 0 Å². The molecule has 0 aliphatic carbocycles. The molecule has 0 saturated heterocycles. The van der Waals surface area contributed by atoms with Crippen molar-refractivity contribution < 1.29 is 5.11 Å². The summed E-state index contributed by atoms with van der Waals surface area (Å²) >= 11 is 0. The van der Waals surface area contributed by atoms with Gasteiger partial charge in [0.2, 0.25) is 0 Å². The number of aryl methyl sites for hydroxylation is 3. The standard InChI is InChI=1S/C17H22NOP/c1-11-5-6-15(14(8-11)10-18-4)20-16-9-12(2)7-13(3)17(16)19/h5-9,18-20H,10H2,1-4H3. The largest absolute Gasteiger partial charge is 0.507 e. The zero-order chi connectivity index (χ0) is 14.7. The first kappa shape index (κ1) is 15.0. The normalized spacial score (nSPS) is 11.4. The van der Waals surface area contributed by atoms with Crippen molar-refractivity contribution >= 4 is 19.2 Å². The van der Waals surface area contributed by atoms with Gasteiger partial charge in [-0.3, -0.25) is 0 Å². The molecule has 2 aromatic carbocycles. The Hall–Kier alpha value is -1.37. The van der Waals surface area contributed by atoms with E-state index in [0.717, 1.165) is 17.4 Å². The summed E-state index contributed by atoms with van der Waals surface area (Å²) in [5.74, 6) is 0.435. The smallest absolute Gasteiger partial charge is 0.126 e. The number of phenols is 1. The van der Waals surface area contributed by atoms with Crippen LogP contribution in [0.4, 0.5) is 0 Å². The van der Waals surface area contributed by atoms with E-state index in [2.05, 4.69) is 43.4 Å². The Labute approximate surface area is 123 Å². The highest BCUT2D eigenvalue weighted by Gasteiger charge is 2.09. The van der Waals surface area contributed by atoms with Crippen LogP contribution in [0.3, 0.4) is 0 Å². The third-order valence-corrected chi connectivity index (χ3v) is 4.75. The van der Waals surface area contributed by atoms with E-state index in [1.807, 2.05) is 20.0 Å². The Balaban J connectivity index is 2.39. The predicted octanol–water partition coefficient (Wildman–Crippen LogP) is 2.67. The third-order valence-electron chi connectivity index (χ3n) is 3.34. The van der Waals surface area contributed by atoms with Gasteiger partial charge in [-0.05, 0) is 55.9 Å². The topological polar surface area (TPSA) is 32.3 Å². The van der Waals surface area contributed by atoms with Crippen molar-refractivity contribution in [2.75, 3.05) is 7.05 Å². The fourth-order valence-electron chi connectivity index (χ4n) is 2.38.